The maximum absolute atomic E-state index is 10.8. The Morgan fingerprint density at radius 3 is 2.93 bits per heavy atom. The first-order chi connectivity index (χ1) is 7.20. The molecule has 0 aliphatic heterocycles. The average molecular weight is 229 g/mol. The fourth-order valence-corrected chi connectivity index (χ4v) is 1.91. The molecule has 0 aliphatic carbocycles. The number of aromatic nitrogens is 2. The zero-order valence-corrected chi connectivity index (χ0v) is 10.2. The van der Waals surface area contributed by atoms with Gasteiger partial charge in [-0.15, -0.1) is 0 Å². The molecule has 1 atom stereocenters. The highest BCUT2D eigenvalue weighted by Crippen LogP contribution is 1.93. The number of nitrogens with zero attached hydrogens (tertiary/aromatic N) is 2. The summed E-state index contributed by atoms with van der Waals surface area (Å²) in [4.78, 5) is 4.24. The van der Waals surface area contributed by atoms with Crippen molar-refractivity contribution in [2.75, 3.05) is 25.1 Å². The minimum Gasteiger partial charge on any atom is -0.338 e. The lowest BCUT2D eigenvalue weighted by molar-refractivity contribution is 0.641. The number of hydrogen-bond donors (Lipinski definition) is 1. The Morgan fingerprint density at radius 2 is 2.33 bits per heavy atom. The molecule has 0 amide bonds. The minimum atomic E-state index is -0.661. The molecule has 0 bridgehead atoms. The first-order valence-corrected chi connectivity index (χ1v) is 6.90. The molecule has 1 rings (SSSR count). The van der Waals surface area contributed by atoms with E-state index in [1.54, 1.807) is 6.26 Å². The lowest BCUT2D eigenvalue weighted by atomic mass is 10.4. The van der Waals surface area contributed by atoms with E-state index >= 15 is 0 Å². The molecular formula is C10H19N3OS. The Kier molecular flexibility index (Phi) is 5.57. The van der Waals surface area contributed by atoms with E-state index in [9.17, 15) is 4.21 Å². The zero-order chi connectivity index (χ0) is 11.1. The summed E-state index contributed by atoms with van der Waals surface area (Å²) in [5, 5.41) is 3.32. The van der Waals surface area contributed by atoms with Crippen molar-refractivity contribution < 1.29 is 4.21 Å². The van der Waals surface area contributed by atoms with Gasteiger partial charge in [-0.3, -0.25) is 4.21 Å². The second-order valence-corrected chi connectivity index (χ2v) is 5.14. The zero-order valence-electron chi connectivity index (χ0n) is 9.40. The first kappa shape index (κ1) is 12.4. The van der Waals surface area contributed by atoms with Gasteiger partial charge in [-0.1, -0.05) is 0 Å². The number of nitrogens with one attached hydrogen (secondary N) is 1. The summed E-state index contributed by atoms with van der Waals surface area (Å²) in [6.07, 6.45) is 7.43. The number of hydrogen-bond acceptors (Lipinski definition) is 3. The van der Waals surface area contributed by atoms with Crippen molar-refractivity contribution in [3.63, 3.8) is 0 Å². The van der Waals surface area contributed by atoms with Crippen molar-refractivity contribution in [3.8, 4) is 0 Å². The summed E-state index contributed by atoms with van der Waals surface area (Å²) in [6.45, 7) is 1.87. The predicted molar refractivity (Wildman–Crippen MR) is 63.3 cm³/mol. The standard InChI is InChI=1S/C10H19N3OS/c1-13-8-7-12-10(13)4-6-11-5-3-9-15(2)14/h7-8,11H,3-6,9H2,1-2H3. The highest BCUT2D eigenvalue weighted by atomic mass is 32.2. The molecule has 4 nitrogen and oxygen atoms in total. The largest absolute Gasteiger partial charge is 0.338 e. The Bertz CT molecular complexity index is 311. The van der Waals surface area contributed by atoms with E-state index in [-0.39, 0.29) is 0 Å². The lowest BCUT2D eigenvalue weighted by Crippen LogP contribution is -2.21. The molecule has 5 heteroatoms. The van der Waals surface area contributed by atoms with Crippen molar-refractivity contribution in [2.24, 2.45) is 7.05 Å². The van der Waals surface area contributed by atoms with Crippen LogP contribution in [0, 0.1) is 0 Å². The Labute approximate surface area is 93.5 Å². The van der Waals surface area contributed by atoms with Gasteiger partial charge in [0.2, 0.25) is 0 Å². The van der Waals surface area contributed by atoms with Crippen LogP contribution in [0.2, 0.25) is 0 Å². The van der Waals surface area contributed by atoms with E-state index in [4.69, 9.17) is 0 Å². The molecule has 0 saturated heterocycles. The molecule has 0 saturated carbocycles. The van der Waals surface area contributed by atoms with Crippen LogP contribution in [0.15, 0.2) is 12.4 Å². The Hall–Kier alpha value is -0.680. The highest BCUT2D eigenvalue weighted by Gasteiger charge is 1.98. The van der Waals surface area contributed by atoms with E-state index in [2.05, 4.69) is 10.3 Å². The van der Waals surface area contributed by atoms with Crippen LogP contribution in [0.25, 0.3) is 0 Å². The maximum Gasteiger partial charge on any atom is 0.109 e. The molecule has 1 aromatic rings. The molecule has 1 unspecified atom stereocenters. The van der Waals surface area contributed by atoms with Crippen LogP contribution in [-0.4, -0.2) is 38.9 Å². The van der Waals surface area contributed by atoms with Gasteiger partial charge in [0.05, 0.1) is 0 Å². The van der Waals surface area contributed by atoms with Crippen molar-refractivity contribution in [3.05, 3.63) is 18.2 Å². The molecule has 0 aromatic carbocycles. The van der Waals surface area contributed by atoms with Gasteiger partial charge in [0.15, 0.2) is 0 Å². The first-order valence-electron chi connectivity index (χ1n) is 5.17. The van der Waals surface area contributed by atoms with Gasteiger partial charge < -0.3 is 9.88 Å². The van der Waals surface area contributed by atoms with Crippen LogP contribution >= 0.6 is 0 Å². The van der Waals surface area contributed by atoms with E-state index < -0.39 is 10.8 Å². The van der Waals surface area contributed by atoms with Crippen LogP contribution in [0.5, 0.6) is 0 Å². The highest BCUT2D eigenvalue weighted by molar-refractivity contribution is 7.84. The Morgan fingerprint density at radius 1 is 1.53 bits per heavy atom. The van der Waals surface area contributed by atoms with E-state index in [0.29, 0.717) is 0 Å². The van der Waals surface area contributed by atoms with Crippen molar-refractivity contribution in [2.45, 2.75) is 12.8 Å². The molecule has 1 aromatic heterocycles. The van der Waals surface area contributed by atoms with E-state index in [1.807, 2.05) is 24.0 Å². The average Bonchev–Trinajstić information content (AvgIpc) is 2.57. The van der Waals surface area contributed by atoms with E-state index in [1.165, 1.54) is 0 Å². The summed E-state index contributed by atoms with van der Waals surface area (Å²) < 4.78 is 12.8. The summed E-state index contributed by atoms with van der Waals surface area (Å²) in [7, 11) is 1.34. The third kappa shape index (κ3) is 5.09. The van der Waals surface area contributed by atoms with Crippen molar-refractivity contribution >= 4 is 10.8 Å². The molecule has 86 valence electrons. The van der Waals surface area contributed by atoms with Gasteiger partial charge in [0, 0.05) is 55.2 Å². The molecule has 15 heavy (non-hydrogen) atoms. The van der Waals surface area contributed by atoms with Gasteiger partial charge in [-0.2, -0.15) is 0 Å². The quantitative estimate of drug-likeness (QED) is 0.685. The molecule has 1 heterocycles. The van der Waals surface area contributed by atoms with Crippen molar-refractivity contribution in [1.29, 1.82) is 0 Å². The normalized spacial score (nSPS) is 12.9. The second-order valence-electron chi connectivity index (χ2n) is 3.59. The summed E-state index contributed by atoms with van der Waals surface area (Å²) >= 11 is 0. The third-order valence-electron chi connectivity index (χ3n) is 2.23. The van der Waals surface area contributed by atoms with Crippen LogP contribution in [0.4, 0.5) is 0 Å². The summed E-state index contributed by atoms with van der Waals surface area (Å²) in [5.41, 5.74) is 0. The summed E-state index contributed by atoms with van der Waals surface area (Å²) in [6, 6.07) is 0. The molecule has 0 radical (unpaired) electrons. The predicted octanol–water partition coefficient (Wildman–Crippen LogP) is 0.321. The van der Waals surface area contributed by atoms with Gasteiger partial charge in [-0.05, 0) is 13.0 Å². The number of imidazole rings is 1. The smallest absolute Gasteiger partial charge is 0.109 e. The van der Waals surface area contributed by atoms with Crippen LogP contribution in [0.3, 0.4) is 0 Å². The second kappa shape index (κ2) is 6.74. The number of aryl methyl sites for hydroxylation is 1. The molecule has 0 fully saturated rings. The summed E-state index contributed by atoms with van der Waals surface area (Å²) in [5.74, 6) is 1.89. The number of rotatable bonds is 7. The SMILES string of the molecule is Cn1ccnc1CCNCCCS(C)=O. The topological polar surface area (TPSA) is 46.9 Å². The van der Waals surface area contributed by atoms with Gasteiger partial charge in [0.1, 0.15) is 5.82 Å². The lowest BCUT2D eigenvalue weighted by Gasteiger charge is -2.04. The molecule has 1 N–H and O–H groups in total. The van der Waals surface area contributed by atoms with Crippen LogP contribution in [-0.2, 0) is 24.3 Å². The molecule has 0 spiro atoms. The van der Waals surface area contributed by atoms with Gasteiger partial charge in [0.25, 0.3) is 0 Å². The molecular weight excluding hydrogens is 210 g/mol. The van der Waals surface area contributed by atoms with Crippen molar-refractivity contribution in [1.82, 2.24) is 14.9 Å². The third-order valence-corrected chi connectivity index (χ3v) is 3.10. The van der Waals surface area contributed by atoms with Gasteiger partial charge >= 0.3 is 0 Å². The van der Waals surface area contributed by atoms with Crippen LogP contribution < -0.4 is 5.32 Å². The minimum absolute atomic E-state index is 0.661. The van der Waals surface area contributed by atoms with E-state index in [0.717, 1.165) is 37.5 Å². The Balaban J connectivity index is 2.03. The monoisotopic (exact) mass is 229 g/mol. The fourth-order valence-electron chi connectivity index (χ4n) is 1.36. The fraction of sp³-hybridized carbons (Fsp3) is 0.700. The van der Waals surface area contributed by atoms with Crippen LogP contribution in [0.1, 0.15) is 12.2 Å². The maximum atomic E-state index is 10.8. The van der Waals surface area contributed by atoms with Gasteiger partial charge in [-0.25, -0.2) is 4.98 Å². The molecule has 0 aliphatic rings.